The number of rotatable bonds is 6. The van der Waals surface area contributed by atoms with E-state index in [0.717, 1.165) is 45.3 Å². The molecule has 1 fully saturated rings. The van der Waals surface area contributed by atoms with Crippen molar-refractivity contribution in [3.8, 4) is 0 Å². The summed E-state index contributed by atoms with van der Waals surface area (Å²) in [5.74, 6) is 0.278. The van der Waals surface area contributed by atoms with Gasteiger partial charge in [-0.3, -0.25) is 4.79 Å². The molecular formula is C13H27ClN2O2. The standard InChI is InChI=1S/C13H26N2O2.ClH/c1-11-9-15(10-12(2)17-11)13(16)7-5-3-4-6-8-14;/h11-12H,3-10,14H2,1-2H3;1H. The Morgan fingerprint density at radius 1 is 1.17 bits per heavy atom. The molecule has 2 unspecified atom stereocenters. The Kier molecular flexibility index (Phi) is 9.42. The van der Waals surface area contributed by atoms with E-state index in [1.54, 1.807) is 0 Å². The molecule has 1 rings (SSSR count). The number of ether oxygens (including phenoxy) is 1. The summed E-state index contributed by atoms with van der Waals surface area (Å²) in [5.41, 5.74) is 5.43. The van der Waals surface area contributed by atoms with Gasteiger partial charge in [-0.25, -0.2) is 0 Å². The van der Waals surface area contributed by atoms with Crippen LogP contribution in [0.4, 0.5) is 0 Å². The van der Waals surface area contributed by atoms with Crippen molar-refractivity contribution in [1.29, 1.82) is 0 Å². The molecule has 1 saturated heterocycles. The summed E-state index contributed by atoms with van der Waals surface area (Å²) in [4.78, 5) is 13.9. The van der Waals surface area contributed by atoms with Crippen LogP contribution >= 0.6 is 12.4 Å². The molecule has 2 N–H and O–H groups in total. The van der Waals surface area contributed by atoms with Crippen molar-refractivity contribution >= 4 is 18.3 Å². The normalized spacial score (nSPS) is 23.6. The van der Waals surface area contributed by atoms with Crippen molar-refractivity contribution in [3.05, 3.63) is 0 Å². The molecule has 1 aliphatic heterocycles. The molecule has 4 nitrogen and oxygen atoms in total. The van der Waals surface area contributed by atoms with Crippen LogP contribution in [0.1, 0.15) is 46.0 Å². The van der Waals surface area contributed by atoms with Crippen molar-refractivity contribution in [3.63, 3.8) is 0 Å². The van der Waals surface area contributed by atoms with Gasteiger partial charge in [-0.05, 0) is 33.2 Å². The van der Waals surface area contributed by atoms with Gasteiger partial charge in [0.15, 0.2) is 0 Å². The lowest BCUT2D eigenvalue weighted by atomic mass is 10.1. The lowest BCUT2D eigenvalue weighted by Crippen LogP contribution is -2.48. The molecule has 0 radical (unpaired) electrons. The van der Waals surface area contributed by atoms with E-state index in [0.29, 0.717) is 6.42 Å². The smallest absolute Gasteiger partial charge is 0.222 e. The van der Waals surface area contributed by atoms with Crippen LogP contribution < -0.4 is 5.73 Å². The summed E-state index contributed by atoms with van der Waals surface area (Å²) < 4.78 is 5.62. The molecular weight excluding hydrogens is 252 g/mol. The van der Waals surface area contributed by atoms with Crippen molar-refractivity contribution in [2.24, 2.45) is 5.73 Å². The van der Waals surface area contributed by atoms with Gasteiger partial charge in [0.1, 0.15) is 0 Å². The van der Waals surface area contributed by atoms with Crippen LogP contribution in [0.5, 0.6) is 0 Å². The largest absolute Gasteiger partial charge is 0.372 e. The van der Waals surface area contributed by atoms with E-state index < -0.39 is 0 Å². The van der Waals surface area contributed by atoms with Gasteiger partial charge in [-0.1, -0.05) is 12.8 Å². The van der Waals surface area contributed by atoms with Crippen LogP contribution in [0.2, 0.25) is 0 Å². The summed E-state index contributed by atoms with van der Waals surface area (Å²) in [6.07, 6.45) is 5.31. The van der Waals surface area contributed by atoms with Crippen molar-refractivity contribution < 1.29 is 9.53 Å². The lowest BCUT2D eigenvalue weighted by molar-refractivity contribution is -0.143. The average molecular weight is 279 g/mol. The first-order chi connectivity index (χ1) is 8.13. The van der Waals surface area contributed by atoms with Crippen molar-refractivity contribution in [2.75, 3.05) is 19.6 Å². The van der Waals surface area contributed by atoms with Crippen molar-refractivity contribution in [2.45, 2.75) is 58.2 Å². The third-order valence-electron chi connectivity index (χ3n) is 3.12. The minimum Gasteiger partial charge on any atom is -0.372 e. The van der Waals surface area contributed by atoms with Gasteiger partial charge in [0, 0.05) is 19.5 Å². The second kappa shape index (κ2) is 9.59. The van der Waals surface area contributed by atoms with E-state index in [4.69, 9.17) is 10.5 Å². The first kappa shape index (κ1) is 17.7. The van der Waals surface area contributed by atoms with Crippen LogP contribution in [-0.2, 0) is 9.53 Å². The zero-order valence-electron chi connectivity index (χ0n) is 11.6. The number of carbonyl (C=O) groups is 1. The zero-order valence-corrected chi connectivity index (χ0v) is 12.4. The maximum Gasteiger partial charge on any atom is 0.222 e. The molecule has 0 aromatic heterocycles. The van der Waals surface area contributed by atoms with E-state index in [1.807, 2.05) is 18.7 Å². The fraction of sp³-hybridized carbons (Fsp3) is 0.923. The maximum absolute atomic E-state index is 12.0. The molecule has 1 amide bonds. The molecule has 0 spiro atoms. The number of amides is 1. The van der Waals surface area contributed by atoms with Gasteiger partial charge < -0.3 is 15.4 Å². The second-order valence-electron chi connectivity index (χ2n) is 5.01. The summed E-state index contributed by atoms with van der Waals surface area (Å²) in [5, 5.41) is 0. The number of unbranched alkanes of at least 4 members (excludes halogenated alkanes) is 3. The van der Waals surface area contributed by atoms with Gasteiger partial charge in [-0.15, -0.1) is 12.4 Å². The highest BCUT2D eigenvalue weighted by atomic mass is 35.5. The van der Waals surface area contributed by atoms with Crippen molar-refractivity contribution in [1.82, 2.24) is 4.90 Å². The number of hydrogen-bond acceptors (Lipinski definition) is 3. The van der Waals surface area contributed by atoms with E-state index in [-0.39, 0.29) is 30.5 Å². The second-order valence-corrected chi connectivity index (χ2v) is 5.01. The molecule has 2 atom stereocenters. The molecule has 0 bridgehead atoms. The van der Waals surface area contributed by atoms with E-state index in [2.05, 4.69) is 0 Å². The Hall–Kier alpha value is -0.320. The fourth-order valence-electron chi connectivity index (χ4n) is 2.31. The van der Waals surface area contributed by atoms with Crippen LogP contribution in [0, 0.1) is 0 Å². The number of halogens is 1. The molecule has 108 valence electrons. The third kappa shape index (κ3) is 6.57. The number of morpholine rings is 1. The van der Waals surface area contributed by atoms with Gasteiger partial charge in [0.2, 0.25) is 5.91 Å². The molecule has 18 heavy (non-hydrogen) atoms. The Labute approximate surface area is 117 Å². The molecule has 0 aromatic carbocycles. The van der Waals surface area contributed by atoms with Crippen LogP contribution in [0.25, 0.3) is 0 Å². The van der Waals surface area contributed by atoms with Crippen LogP contribution in [0.3, 0.4) is 0 Å². The van der Waals surface area contributed by atoms with Crippen LogP contribution in [0.15, 0.2) is 0 Å². The quantitative estimate of drug-likeness (QED) is 0.756. The zero-order chi connectivity index (χ0) is 12.7. The Balaban J connectivity index is 0.00000289. The van der Waals surface area contributed by atoms with E-state index in [9.17, 15) is 4.79 Å². The molecule has 5 heteroatoms. The minimum atomic E-state index is 0. The molecule has 1 aliphatic rings. The molecule has 0 saturated carbocycles. The monoisotopic (exact) mass is 278 g/mol. The average Bonchev–Trinajstić information content (AvgIpc) is 2.27. The maximum atomic E-state index is 12.0. The number of carbonyl (C=O) groups excluding carboxylic acids is 1. The van der Waals surface area contributed by atoms with Gasteiger partial charge in [-0.2, -0.15) is 0 Å². The highest BCUT2D eigenvalue weighted by Crippen LogP contribution is 2.13. The molecule has 0 aliphatic carbocycles. The minimum absolute atomic E-state index is 0. The summed E-state index contributed by atoms with van der Waals surface area (Å²) in [6, 6.07) is 0. The SMILES string of the molecule is CC1CN(C(=O)CCCCCCN)CC(C)O1.Cl. The Bertz CT molecular complexity index is 229. The summed E-state index contributed by atoms with van der Waals surface area (Å²) in [6.45, 7) is 6.29. The Morgan fingerprint density at radius 3 is 2.28 bits per heavy atom. The number of nitrogens with zero attached hydrogens (tertiary/aromatic N) is 1. The lowest BCUT2D eigenvalue weighted by Gasteiger charge is -2.35. The van der Waals surface area contributed by atoms with Gasteiger partial charge >= 0.3 is 0 Å². The fourth-order valence-corrected chi connectivity index (χ4v) is 2.31. The van der Waals surface area contributed by atoms with Gasteiger partial charge in [0.05, 0.1) is 12.2 Å². The van der Waals surface area contributed by atoms with Gasteiger partial charge in [0.25, 0.3) is 0 Å². The number of nitrogens with two attached hydrogens (primary N) is 1. The summed E-state index contributed by atoms with van der Waals surface area (Å²) >= 11 is 0. The predicted molar refractivity (Wildman–Crippen MR) is 76.0 cm³/mol. The first-order valence-electron chi connectivity index (χ1n) is 6.76. The van der Waals surface area contributed by atoms with E-state index in [1.165, 1.54) is 0 Å². The topological polar surface area (TPSA) is 55.6 Å². The first-order valence-corrected chi connectivity index (χ1v) is 6.76. The molecule has 0 aromatic rings. The number of hydrogen-bond donors (Lipinski definition) is 1. The van der Waals surface area contributed by atoms with Crippen LogP contribution in [-0.4, -0.2) is 42.6 Å². The summed E-state index contributed by atoms with van der Waals surface area (Å²) in [7, 11) is 0. The highest BCUT2D eigenvalue weighted by Gasteiger charge is 2.25. The Morgan fingerprint density at radius 2 is 1.72 bits per heavy atom. The van der Waals surface area contributed by atoms with E-state index >= 15 is 0 Å². The third-order valence-corrected chi connectivity index (χ3v) is 3.12. The molecule has 1 heterocycles. The predicted octanol–water partition coefficient (Wildman–Crippen LogP) is 1.95. The highest BCUT2D eigenvalue weighted by molar-refractivity contribution is 5.85.